The van der Waals surface area contributed by atoms with Crippen LogP contribution in [0, 0.1) is 11.8 Å². The predicted octanol–water partition coefficient (Wildman–Crippen LogP) is 8.53. The molecule has 0 heterocycles. The molecule has 0 saturated heterocycles. The Labute approximate surface area is 229 Å². The first-order valence-corrected chi connectivity index (χ1v) is 13.9. The maximum Gasteiger partial charge on any atom is 0.193 e. The molecule has 4 aromatic rings. The lowest BCUT2D eigenvalue weighted by atomic mass is 9.99. The maximum atomic E-state index is 12.8. The van der Waals surface area contributed by atoms with Crippen LogP contribution >= 0.6 is 35.1 Å². The summed E-state index contributed by atoms with van der Waals surface area (Å²) in [7, 11) is 0. The van der Waals surface area contributed by atoms with Crippen LogP contribution in [0.1, 0.15) is 38.3 Å². The first-order valence-electron chi connectivity index (χ1n) is 11.7. The number of halogens is 1. The highest BCUT2D eigenvalue weighted by Crippen LogP contribution is 2.29. The van der Waals surface area contributed by atoms with Crippen molar-refractivity contribution in [1.29, 1.82) is 0 Å². The standard InChI is InChI=1S/C30H24ClNO3S2/c1-20-4-2-3-5-27(20)29(33)21-6-12-25(13-7-21)37-26-14-8-22(9-15-26)30(34)28(32-35)18-19-36-24-16-10-23(31)11-17-24/h2-17,28H,18-19H2,1H3. The molecule has 4 aromatic carbocycles. The van der Waals surface area contributed by atoms with Crippen LogP contribution < -0.4 is 0 Å². The Balaban J connectivity index is 1.33. The molecule has 0 bridgehead atoms. The highest BCUT2D eigenvalue weighted by Gasteiger charge is 2.21. The molecule has 0 N–H and O–H groups in total. The van der Waals surface area contributed by atoms with Crippen molar-refractivity contribution in [1.82, 2.24) is 0 Å². The van der Waals surface area contributed by atoms with Crippen molar-refractivity contribution in [3.8, 4) is 0 Å². The predicted molar refractivity (Wildman–Crippen MR) is 152 cm³/mol. The van der Waals surface area contributed by atoms with E-state index in [4.69, 9.17) is 11.6 Å². The second-order valence-corrected chi connectivity index (χ2v) is 11.1. The number of carbonyl (C=O) groups is 2. The first-order chi connectivity index (χ1) is 17.9. The van der Waals surface area contributed by atoms with Gasteiger partial charge in [0.25, 0.3) is 0 Å². The molecule has 4 nitrogen and oxygen atoms in total. The molecule has 1 unspecified atom stereocenters. The molecule has 0 saturated carbocycles. The van der Waals surface area contributed by atoms with Gasteiger partial charge >= 0.3 is 0 Å². The summed E-state index contributed by atoms with van der Waals surface area (Å²) in [4.78, 5) is 39.9. The number of aryl methyl sites for hydroxylation is 1. The van der Waals surface area contributed by atoms with E-state index < -0.39 is 6.04 Å². The minimum atomic E-state index is -0.920. The van der Waals surface area contributed by atoms with E-state index in [1.54, 1.807) is 23.9 Å². The number of benzene rings is 4. The fourth-order valence-corrected chi connectivity index (χ4v) is 5.57. The largest absolute Gasteiger partial charge is 0.292 e. The molecule has 186 valence electrons. The summed E-state index contributed by atoms with van der Waals surface area (Å²) in [6, 6.07) is 28.7. The van der Waals surface area contributed by atoms with E-state index >= 15 is 0 Å². The minimum Gasteiger partial charge on any atom is -0.292 e. The van der Waals surface area contributed by atoms with Crippen LogP contribution in [0.5, 0.6) is 0 Å². The van der Waals surface area contributed by atoms with E-state index in [2.05, 4.69) is 5.18 Å². The number of nitrogens with zero attached hydrogens (tertiary/aromatic N) is 1. The number of carbonyl (C=O) groups excluding carboxylic acids is 2. The minimum absolute atomic E-state index is 0.00224. The fraction of sp³-hybridized carbons (Fsp3) is 0.133. The zero-order valence-electron chi connectivity index (χ0n) is 20.1. The van der Waals surface area contributed by atoms with Crippen molar-refractivity contribution in [2.45, 2.75) is 34.1 Å². The Morgan fingerprint density at radius 1 is 0.784 bits per heavy atom. The van der Waals surface area contributed by atoms with Gasteiger partial charge in [0, 0.05) is 42.2 Å². The van der Waals surface area contributed by atoms with E-state index in [-0.39, 0.29) is 11.6 Å². The zero-order valence-corrected chi connectivity index (χ0v) is 22.5. The summed E-state index contributed by atoms with van der Waals surface area (Å²) in [6.07, 6.45) is 0.361. The Hall–Kier alpha value is -3.19. The van der Waals surface area contributed by atoms with E-state index in [9.17, 15) is 14.5 Å². The quantitative estimate of drug-likeness (QED) is 0.107. The number of Topliss-reactive ketones (excluding diaryl/α,β-unsaturated/α-hetero) is 1. The van der Waals surface area contributed by atoms with Gasteiger partial charge in [0.1, 0.15) is 0 Å². The lowest BCUT2D eigenvalue weighted by molar-refractivity contribution is 0.0959. The summed E-state index contributed by atoms with van der Waals surface area (Å²) in [5, 5.41) is 3.75. The highest BCUT2D eigenvalue weighted by atomic mass is 35.5. The van der Waals surface area contributed by atoms with Gasteiger partial charge in [-0.05, 0) is 79.6 Å². The van der Waals surface area contributed by atoms with Crippen molar-refractivity contribution in [2.75, 3.05) is 5.75 Å². The van der Waals surface area contributed by atoms with E-state index in [0.717, 1.165) is 20.2 Å². The van der Waals surface area contributed by atoms with E-state index in [0.29, 0.717) is 33.9 Å². The molecule has 7 heteroatoms. The van der Waals surface area contributed by atoms with Crippen LogP contribution in [-0.2, 0) is 0 Å². The van der Waals surface area contributed by atoms with Crippen LogP contribution in [0.25, 0.3) is 0 Å². The fourth-order valence-electron chi connectivity index (χ4n) is 3.72. The average molecular weight is 546 g/mol. The SMILES string of the molecule is Cc1ccccc1C(=O)c1ccc(Sc2ccc(C(=O)C(CCSc3ccc(Cl)cc3)N=O)cc2)cc1. The lowest BCUT2D eigenvalue weighted by Gasteiger charge is -2.09. The molecule has 0 aliphatic heterocycles. The molecule has 0 aromatic heterocycles. The van der Waals surface area contributed by atoms with Gasteiger partial charge < -0.3 is 0 Å². The van der Waals surface area contributed by atoms with Crippen molar-refractivity contribution >= 4 is 46.7 Å². The smallest absolute Gasteiger partial charge is 0.193 e. The summed E-state index contributed by atoms with van der Waals surface area (Å²) in [5.74, 6) is 0.324. The molecule has 1 atom stereocenters. The monoisotopic (exact) mass is 545 g/mol. The molecule has 37 heavy (non-hydrogen) atoms. The summed E-state index contributed by atoms with van der Waals surface area (Å²) in [5.41, 5.74) is 2.76. The number of hydrogen-bond donors (Lipinski definition) is 0. The van der Waals surface area contributed by atoms with Gasteiger partial charge in [0.2, 0.25) is 0 Å². The van der Waals surface area contributed by atoms with Crippen LogP contribution in [0.15, 0.2) is 117 Å². The zero-order chi connectivity index (χ0) is 26.2. The maximum absolute atomic E-state index is 12.8. The van der Waals surface area contributed by atoms with Crippen LogP contribution in [0.3, 0.4) is 0 Å². The molecule has 0 aliphatic carbocycles. The number of hydrogen-bond acceptors (Lipinski definition) is 6. The van der Waals surface area contributed by atoms with Crippen LogP contribution in [0.2, 0.25) is 5.02 Å². The van der Waals surface area contributed by atoms with Crippen molar-refractivity contribution < 1.29 is 9.59 Å². The number of thioether (sulfide) groups is 1. The third-order valence-corrected chi connectivity index (χ3v) is 8.10. The Kier molecular flexibility index (Phi) is 9.34. The van der Waals surface area contributed by atoms with Gasteiger partial charge in [-0.3, -0.25) is 9.59 Å². The third kappa shape index (κ3) is 7.19. The average Bonchev–Trinajstić information content (AvgIpc) is 2.92. The number of nitroso groups, excluding NO2 is 1. The molecule has 0 amide bonds. The second-order valence-electron chi connectivity index (χ2n) is 8.37. The van der Waals surface area contributed by atoms with Gasteiger partial charge in [-0.25, -0.2) is 0 Å². The Bertz CT molecular complexity index is 1390. The lowest BCUT2D eigenvalue weighted by Crippen LogP contribution is -2.19. The highest BCUT2D eigenvalue weighted by molar-refractivity contribution is 7.99. The van der Waals surface area contributed by atoms with Crippen molar-refractivity contribution in [3.63, 3.8) is 0 Å². The van der Waals surface area contributed by atoms with Crippen LogP contribution in [-0.4, -0.2) is 23.4 Å². The molecule has 4 rings (SSSR count). The topological polar surface area (TPSA) is 63.6 Å². The van der Waals surface area contributed by atoms with Gasteiger partial charge in [-0.2, -0.15) is 4.91 Å². The Morgan fingerprint density at radius 3 is 1.95 bits per heavy atom. The van der Waals surface area contributed by atoms with Gasteiger partial charge in [-0.15, -0.1) is 11.8 Å². The molecule has 0 radical (unpaired) electrons. The summed E-state index contributed by atoms with van der Waals surface area (Å²) < 4.78 is 0. The Morgan fingerprint density at radius 2 is 1.35 bits per heavy atom. The summed E-state index contributed by atoms with van der Waals surface area (Å²) >= 11 is 8.99. The molecular weight excluding hydrogens is 522 g/mol. The van der Waals surface area contributed by atoms with E-state index in [1.165, 1.54) is 11.8 Å². The summed E-state index contributed by atoms with van der Waals surface area (Å²) in [6.45, 7) is 1.93. The van der Waals surface area contributed by atoms with Crippen LogP contribution in [0.4, 0.5) is 0 Å². The van der Waals surface area contributed by atoms with E-state index in [1.807, 2.05) is 91.9 Å². The molecule has 0 aliphatic rings. The van der Waals surface area contributed by atoms with Gasteiger partial charge in [-0.1, -0.05) is 64.9 Å². The van der Waals surface area contributed by atoms with Gasteiger partial charge in [0.05, 0.1) is 0 Å². The third-order valence-electron chi connectivity index (χ3n) is 5.78. The number of ketones is 2. The second kappa shape index (κ2) is 12.9. The normalized spacial score (nSPS) is 11.6. The molecular formula is C30H24ClNO3S2. The van der Waals surface area contributed by atoms with Gasteiger partial charge in [0.15, 0.2) is 17.6 Å². The van der Waals surface area contributed by atoms with Crippen molar-refractivity contribution in [3.05, 3.63) is 129 Å². The number of rotatable bonds is 11. The first kappa shape index (κ1) is 26.9. The molecule has 0 spiro atoms. The van der Waals surface area contributed by atoms with Crippen molar-refractivity contribution in [2.24, 2.45) is 5.18 Å². The molecule has 0 fully saturated rings.